The Morgan fingerprint density at radius 3 is 2.65 bits per heavy atom. The molecule has 0 heterocycles. The van der Waals surface area contributed by atoms with E-state index in [1.165, 1.54) is 16.7 Å². The summed E-state index contributed by atoms with van der Waals surface area (Å²) in [6, 6.07) is 13.3. The Morgan fingerprint density at radius 1 is 1.15 bits per heavy atom. The summed E-state index contributed by atoms with van der Waals surface area (Å²) in [4.78, 5) is 27.0. The second kappa shape index (κ2) is 9.29. The van der Waals surface area contributed by atoms with Crippen molar-refractivity contribution in [2.75, 3.05) is 31.8 Å². The molecule has 2 aromatic carbocycles. The summed E-state index contributed by atoms with van der Waals surface area (Å²) in [5.74, 6) is 0.632. The van der Waals surface area contributed by atoms with Crippen LogP contribution < -0.4 is 10.1 Å². The minimum Gasteiger partial charge on any atom is -0.497 e. The van der Waals surface area contributed by atoms with Crippen molar-refractivity contribution in [3.63, 3.8) is 0 Å². The van der Waals surface area contributed by atoms with E-state index in [0.29, 0.717) is 17.2 Å². The molecule has 0 radical (unpaired) electrons. The van der Waals surface area contributed by atoms with E-state index in [1.54, 1.807) is 38.4 Å². The molecule has 0 spiro atoms. The molecule has 0 saturated carbocycles. The van der Waals surface area contributed by atoms with Gasteiger partial charge in [0.05, 0.1) is 19.4 Å². The van der Waals surface area contributed by atoms with Crippen molar-refractivity contribution in [3.8, 4) is 5.75 Å². The molecule has 0 atom stereocenters. The van der Waals surface area contributed by atoms with Crippen LogP contribution in [0.4, 0.5) is 5.69 Å². The first-order chi connectivity index (χ1) is 12.4. The van der Waals surface area contributed by atoms with E-state index in [0.717, 1.165) is 16.0 Å². The van der Waals surface area contributed by atoms with Crippen molar-refractivity contribution in [1.29, 1.82) is 0 Å². The maximum atomic E-state index is 12.3. The molecule has 0 fully saturated rings. The number of aryl methyl sites for hydroxylation is 2. The summed E-state index contributed by atoms with van der Waals surface area (Å²) >= 11 is 1.49. The number of amides is 2. The standard InChI is InChI=1S/C20H24N2O3S/c1-14-8-9-15(2)18(10-14)26-13-20(24)22(3)12-19(23)21-16-6-5-7-17(11-16)25-4/h5-11H,12-13H2,1-4H3,(H,21,23). The van der Waals surface area contributed by atoms with E-state index in [1.807, 2.05) is 19.9 Å². The third-order valence-corrected chi connectivity index (χ3v) is 5.00. The zero-order valence-corrected chi connectivity index (χ0v) is 16.4. The third-order valence-electron chi connectivity index (χ3n) is 3.85. The Morgan fingerprint density at radius 2 is 1.92 bits per heavy atom. The number of hydrogen-bond acceptors (Lipinski definition) is 4. The van der Waals surface area contributed by atoms with Gasteiger partial charge in [-0.1, -0.05) is 23.8 Å². The number of hydrogen-bond donors (Lipinski definition) is 1. The Labute approximate surface area is 158 Å². The second-order valence-electron chi connectivity index (χ2n) is 6.09. The highest BCUT2D eigenvalue weighted by Crippen LogP contribution is 2.23. The summed E-state index contributed by atoms with van der Waals surface area (Å²) in [6.45, 7) is 4.06. The van der Waals surface area contributed by atoms with Crippen LogP contribution in [0.3, 0.4) is 0 Å². The SMILES string of the molecule is COc1cccc(NC(=O)CN(C)C(=O)CSc2cc(C)ccc2C)c1. The molecule has 0 saturated heterocycles. The lowest BCUT2D eigenvalue weighted by Crippen LogP contribution is -2.35. The predicted octanol–water partition coefficient (Wildman–Crippen LogP) is 3.50. The number of ether oxygens (including phenoxy) is 1. The molecule has 5 nitrogen and oxygen atoms in total. The van der Waals surface area contributed by atoms with Gasteiger partial charge in [-0.25, -0.2) is 0 Å². The molecule has 2 amide bonds. The number of rotatable bonds is 7. The van der Waals surface area contributed by atoms with Gasteiger partial charge in [-0.2, -0.15) is 0 Å². The van der Waals surface area contributed by atoms with Gasteiger partial charge in [0, 0.05) is 23.7 Å². The average molecular weight is 372 g/mol. The summed E-state index contributed by atoms with van der Waals surface area (Å²) in [5, 5.41) is 2.77. The first kappa shape index (κ1) is 19.8. The van der Waals surface area contributed by atoms with Gasteiger partial charge in [0.2, 0.25) is 11.8 Å². The van der Waals surface area contributed by atoms with Gasteiger partial charge in [0.1, 0.15) is 5.75 Å². The molecular weight excluding hydrogens is 348 g/mol. The molecule has 1 N–H and O–H groups in total. The van der Waals surface area contributed by atoms with Crippen molar-refractivity contribution in [2.45, 2.75) is 18.7 Å². The van der Waals surface area contributed by atoms with Gasteiger partial charge >= 0.3 is 0 Å². The lowest BCUT2D eigenvalue weighted by Gasteiger charge is -2.17. The molecule has 26 heavy (non-hydrogen) atoms. The highest BCUT2D eigenvalue weighted by atomic mass is 32.2. The third kappa shape index (κ3) is 5.81. The van der Waals surface area contributed by atoms with Gasteiger partial charge in [-0.15, -0.1) is 11.8 Å². The van der Waals surface area contributed by atoms with E-state index >= 15 is 0 Å². The number of carbonyl (C=O) groups excluding carboxylic acids is 2. The van der Waals surface area contributed by atoms with Gasteiger partial charge in [-0.3, -0.25) is 9.59 Å². The maximum absolute atomic E-state index is 12.3. The first-order valence-electron chi connectivity index (χ1n) is 8.27. The molecule has 6 heteroatoms. The van der Waals surface area contributed by atoms with Crippen LogP contribution in [-0.2, 0) is 9.59 Å². The van der Waals surface area contributed by atoms with Crippen molar-refractivity contribution in [2.24, 2.45) is 0 Å². The van der Waals surface area contributed by atoms with Gasteiger partial charge in [-0.05, 0) is 37.6 Å². The normalized spacial score (nSPS) is 10.3. The van der Waals surface area contributed by atoms with Crippen LogP contribution in [0.15, 0.2) is 47.4 Å². The maximum Gasteiger partial charge on any atom is 0.243 e. The number of nitrogens with zero attached hydrogens (tertiary/aromatic N) is 1. The highest BCUT2D eigenvalue weighted by Gasteiger charge is 2.14. The minimum atomic E-state index is -0.245. The van der Waals surface area contributed by atoms with Gasteiger partial charge in [0.15, 0.2) is 0 Å². The Bertz CT molecular complexity index is 792. The summed E-state index contributed by atoms with van der Waals surface area (Å²) in [5.41, 5.74) is 2.95. The number of benzene rings is 2. The topological polar surface area (TPSA) is 58.6 Å². The van der Waals surface area contributed by atoms with Crippen LogP contribution in [0, 0.1) is 13.8 Å². The molecule has 2 rings (SSSR count). The first-order valence-corrected chi connectivity index (χ1v) is 9.25. The van der Waals surface area contributed by atoms with Crippen molar-refractivity contribution < 1.29 is 14.3 Å². The fourth-order valence-electron chi connectivity index (χ4n) is 2.32. The molecular formula is C20H24N2O3S. The van der Waals surface area contributed by atoms with Crippen LogP contribution in [0.25, 0.3) is 0 Å². The lowest BCUT2D eigenvalue weighted by atomic mass is 10.2. The largest absolute Gasteiger partial charge is 0.497 e. The number of anilines is 1. The molecule has 0 aromatic heterocycles. The van der Waals surface area contributed by atoms with Crippen molar-refractivity contribution in [1.82, 2.24) is 4.90 Å². The zero-order chi connectivity index (χ0) is 19.1. The molecule has 2 aromatic rings. The van der Waals surface area contributed by atoms with Crippen LogP contribution in [0.5, 0.6) is 5.75 Å². The van der Waals surface area contributed by atoms with Crippen LogP contribution in [0.2, 0.25) is 0 Å². The lowest BCUT2D eigenvalue weighted by molar-refractivity contribution is -0.131. The fraction of sp³-hybridized carbons (Fsp3) is 0.300. The Hall–Kier alpha value is -2.47. The summed E-state index contributed by atoms with van der Waals surface area (Å²) < 4.78 is 5.13. The molecule has 0 unspecified atom stereocenters. The molecule has 0 aliphatic heterocycles. The summed E-state index contributed by atoms with van der Waals surface area (Å²) in [6.07, 6.45) is 0. The number of thioether (sulfide) groups is 1. The molecule has 0 aliphatic rings. The average Bonchev–Trinajstić information content (AvgIpc) is 2.62. The van der Waals surface area contributed by atoms with Crippen molar-refractivity contribution in [3.05, 3.63) is 53.6 Å². The molecule has 138 valence electrons. The quantitative estimate of drug-likeness (QED) is 0.756. The second-order valence-corrected chi connectivity index (χ2v) is 7.10. The van der Waals surface area contributed by atoms with E-state index in [2.05, 4.69) is 17.4 Å². The number of carbonyl (C=O) groups is 2. The number of likely N-dealkylation sites (N-methyl/N-ethyl adjacent to an activating group) is 1. The Balaban J connectivity index is 1.85. The molecule has 0 aliphatic carbocycles. The fourth-order valence-corrected chi connectivity index (χ4v) is 3.38. The molecule has 0 bridgehead atoms. The van der Waals surface area contributed by atoms with Crippen molar-refractivity contribution >= 4 is 29.3 Å². The van der Waals surface area contributed by atoms with Crippen LogP contribution in [-0.4, -0.2) is 43.2 Å². The minimum absolute atomic E-state index is 0.00338. The van der Waals surface area contributed by atoms with Crippen LogP contribution >= 0.6 is 11.8 Å². The monoisotopic (exact) mass is 372 g/mol. The number of methoxy groups -OCH3 is 1. The Kier molecular flexibility index (Phi) is 7.09. The van der Waals surface area contributed by atoms with Crippen LogP contribution in [0.1, 0.15) is 11.1 Å². The zero-order valence-electron chi connectivity index (χ0n) is 15.5. The number of nitrogens with one attached hydrogen (secondary N) is 1. The smallest absolute Gasteiger partial charge is 0.243 e. The predicted molar refractivity (Wildman–Crippen MR) is 106 cm³/mol. The highest BCUT2D eigenvalue weighted by molar-refractivity contribution is 8.00. The van der Waals surface area contributed by atoms with E-state index < -0.39 is 0 Å². The van der Waals surface area contributed by atoms with E-state index in [-0.39, 0.29) is 18.4 Å². The van der Waals surface area contributed by atoms with E-state index in [9.17, 15) is 9.59 Å². The van der Waals surface area contributed by atoms with E-state index in [4.69, 9.17) is 4.74 Å². The summed E-state index contributed by atoms with van der Waals surface area (Å²) in [7, 11) is 3.21. The van der Waals surface area contributed by atoms with Gasteiger partial charge < -0.3 is 15.0 Å². The van der Waals surface area contributed by atoms with Gasteiger partial charge in [0.25, 0.3) is 0 Å².